The van der Waals surface area contributed by atoms with Gasteiger partial charge in [-0.1, -0.05) is 30.4 Å². The summed E-state index contributed by atoms with van der Waals surface area (Å²) in [5, 5.41) is 0. The largest absolute Gasteiger partial charge is 0.336 e. The first-order valence-corrected chi connectivity index (χ1v) is 4.04. The summed E-state index contributed by atoms with van der Waals surface area (Å²) >= 11 is 0. The maximum Gasteiger partial charge on any atom is 0.0655 e. The van der Waals surface area contributed by atoms with Gasteiger partial charge in [0, 0.05) is 12.2 Å². The molecule has 12 heavy (non-hydrogen) atoms. The normalized spacial score (nSPS) is 15.2. The summed E-state index contributed by atoms with van der Waals surface area (Å²) in [5.74, 6) is 0. The van der Waals surface area contributed by atoms with Gasteiger partial charge in [0.1, 0.15) is 0 Å². The van der Waals surface area contributed by atoms with E-state index >= 15 is 0 Å². The van der Waals surface area contributed by atoms with Crippen LogP contribution < -0.4 is 4.90 Å². The lowest BCUT2D eigenvalue weighted by atomic mass is 10.2. The highest BCUT2D eigenvalue weighted by molar-refractivity contribution is 5.49. The third kappa shape index (κ3) is 1.40. The molecular formula is C11H10N. The van der Waals surface area contributed by atoms with Crippen molar-refractivity contribution >= 4 is 5.69 Å². The Kier molecular flexibility index (Phi) is 1.95. The van der Waals surface area contributed by atoms with Crippen molar-refractivity contribution in [1.29, 1.82) is 0 Å². The average molecular weight is 156 g/mol. The van der Waals surface area contributed by atoms with Crippen LogP contribution in [0.2, 0.25) is 0 Å². The van der Waals surface area contributed by atoms with Gasteiger partial charge in [-0.3, -0.25) is 0 Å². The van der Waals surface area contributed by atoms with Crippen LogP contribution >= 0.6 is 0 Å². The Morgan fingerprint density at radius 3 is 2.67 bits per heavy atom. The molecule has 2 rings (SSSR count). The summed E-state index contributed by atoms with van der Waals surface area (Å²) in [6, 6.07) is 10.3. The van der Waals surface area contributed by atoms with Gasteiger partial charge in [0.2, 0.25) is 0 Å². The van der Waals surface area contributed by atoms with E-state index < -0.39 is 0 Å². The second-order valence-corrected chi connectivity index (χ2v) is 2.67. The third-order valence-electron chi connectivity index (χ3n) is 1.82. The van der Waals surface area contributed by atoms with Crippen molar-refractivity contribution in [3.63, 3.8) is 0 Å². The number of para-hydroxylation sites is 1. The zero-order valence-corrected chi connectivity index (χ0v) is 6.77. The van der Waals surface area contributed by atoms with E-state index in [1.807, 2.05) is 30.4 Å². The van der Waals surface area contributed by atoms with Crippen LogP contribution in [0.5, 0.6) is 0 Å². The highest BCUT2D eigenvalue weighted by atomic mass is 15.1. The topological polar surface area (TPSA) is 3.24 Å². The highest BCUT2D eigenvalue weighted by Crippen LogP contribution is 2.14. The van der Waals surface area contributed by atoms with E-state index in [2.05, 4.69) is 29.3 Å². The van der Waals surface area contributed by atoms with Gasteiger partial charge >= 0.3 is 0 Å². The minimum Gasteiger partial charge on any atom is -0.336 e. The van der Waals surface area contributed by atoms with Gasteiger partial charge in [-0.05, 0) is 18.2 Å². The molecule has 0 aromatic heterocycles. The minimum atomic E-state index is 0.917. The Labute approximate surface area is 72.6 Å². The summed E-state index contributed by atoms with van der Waals surface area (Å²) in [6.45, 7) is 0.917. The summed E-state index contributed by atoms with van der Waals surface area (Å²) in [5.41, 5.74) is 1.19. The monoisotopic (exact) mass is 156 g/mol. The Bertz CT molecular complexity index is 298. The van der Waals surface area contributed by atoms with Crippen molar-refractivity contribution in [3.8, 4) is 0 Å². The van der Waals surface area contributed by atoms with Crippen LogP contribution in [0, 0.1) is 6.20 Å². The number of hydrogen-bond donors (Lipinski definition) is 0. The molecule has 1 nitrogen and oxygen atoms in total. The van der Waals surface area contributed by atoms with E-state index in [-0.39, 0.29) is 0 Å². The van der Waals surface area contributed by atoms with Crippen LogP contribution in [0.15, 0.2) is 48.6 Å². The van der Waals surface area contributed by atoms with Crippen molar-refractivity contribution < 1.29 is 0 Å². The SMILES string of the molecule is [C]1=CC=CCN1c1ccccc1. The molecule has 1 aliphatic rings. The summed E-state index contributed by atoms with van der Waals surface area (Å²) in [6.07, 6.45) is 9.21. The smallest absolute Gasteiger partial charge is 0.0655 e. The predicted octanol–water partition coefficient (Wildman–Crippen LogP) is 2.38. The average Bonchev–Trinajstić information content (AvgIpc) is 2.21. The molecule has 1 radical (unpaired) electrons. The van der Waals surface area contributed by atoms with Crippen LogP contribution in [0.4, 0.5) is 5.69 Å². The molecule has 0 saturated carbocycles. The molecule has 1 aromatic carbocycles. The van der Waals surface area contributed by atoms with Gasteiger partial charge < -0.3 is 4.90 Å². The molecule has 0 saturated heterocycles. The number of allylic oxidation sites excluding steroid dienone is 2. The molecule has 1 heteroatoms. The van der Waals surface area contributed by atoms with E-state index in [4.69, 9.17) is 0 Å². The maximum atomic E-state index is 3.16. The maximum absolute atomic E-state index is 3.16. The molecule has 1 aliphatic heterocycles. The summed E-state index contributed by atoms with van der Waals surface area (Å²) in [4.78, 5) is 2.08. The van der Waals surface area contributed by atoms with Crippen molar-refractivity contribution in [2.24, 2.45) is 0 Å². The Balaban J connectivity index is 2.21. The number of anilines is 1. The van der Waals surface area contributed by atoms with Crippen molar-refractivity contribution in [3.05, 3.63) is 54.8 Å². The molecule has 1 heterocycles. The number of rotatable bonds is 1. The summed E-state index contributed by atoms with van der Waals surface area (Å²) < 4.78 is 0. The van der Waals surface area contributed by atoms with Crippen LogP contribution in [-0.4, -0.2) is 6.54 Å². The molecule has 0 unspecified atom stereocenters. The predicted molar refractivity (Wildman–Crippen MR) is 50.7 cm³/mol. The van der Waals surface area contributed by atoms with Crippen LogP contribution in [0.3, 0.4) is 0 Å². The Morgan fingerprint density at radius 1 is 1.17 bits per heavy atom. The van der Waals surface area contributed by atoms with Gasteiger partial charge in [-0.15, -0.1) is 0 Å². The van der Waals surface area contributed by atoms with E-state index in [0.717, 1.165) is 6.54 Å². The quantitative estimate of drug-likeness (QED) is 0.603. The highest BCUT2D eigenvalue weighted by Gasteiger charge is 2.01. The van der Waals surface area contributed by atoms with Crippen LogP contribution in [0.1, 0.15) is 0 Å². The summed E-state index contributed by atoms with van der Waals surface area (Å²) in [7, 11) is 0. The zero-order chi connectivity index (χ0) is 8.23. The van der Waals surface area contributed by atoms with E-state index in [0.29, 0.717) is 0 Å². The fourth-order valence-electron chi connectivity index (χ4n) is 1.21. The molecule has 0 aliphatic carbocycles. The van der Waals surface area contributed by atoms with E-state index in [9.17, 15) is 0 Å². The fraction of sp³-hybridized carbons (Fsp3) is 0.0909. The lowest BCUT2D eigenvalue weighted by Crippen LogP contribution is -2.17. The molecule has 0 atom stereocenters. The first-order valence-electron chi connectivity index (χ1n) is 4.04. The molecule has 59 valence electrons. The van der Waals surface area contributed by atoms with Crippen LogP contribution in [0.25, 0.3) is 0 Å². The van der Waals surface area contributed by atoms with Crippen molar-refractivity contribution in [2.75, 3.05) is 11.4 Å². The van der Waals surface area contributed by atoms with E-state index in [1.165, 1.54) is 5.69 Å². The van der Waals surface area contributed by atoms with Gasteiger partial charge in [-0.2, -0.15) is 0 Å². The second-order valence-electron chi connectivity index (χ2n) is 2.67. The van der Waals surface area contributed by atoms with Crippen molar-refractivity contribution in [2.45, 2.75) is 0 Å². The minimum absolute atomic E-state index is 0.917. The number of nitrogens with zero attached hydrogens (tertiary/aromatic N) is 1. The molecule has 0 amide bonds. The molecule has 1 aromatic rings. The van der Waals surface area contributed by atoms with Gasteiger partial charge in [0.15, 0.2) is 0 Å². The Hall–Kier alpha value is -1.50. The molecule has 0 fully saturated rings. The second kappa shape index (κ2) is 3.26. The lowest BCUT2D eigenvalue weighted by molar-refractivity contribution is 1.05. The zero-order valence-electron chi connectivity index (χ0n) is 6.77. The first-order chi connectivity index (χ1) is 5.97. The van der Waals surface area contributed by atoms with Crippen LogP contribution in [-0.2, 0) is 0 Å². The molecule has 0 spiro atoms. The number of benzene rings is 1. The standard InChI is InChI=1S/C11H10N/c1-3-7-11(8-4-1)12-9-5-2-6-10-12/h1-8H,9H2. The first kappa shape index (κ1) is 7.17. The third-order valence-corrected chi connectivity index (χ3v) is 1.82. The van der Waals surface area contributed by atoms with E-state index in [1.54, 1.807) is 0 Å². The lowest BCUT2D eigenvalue weighted by Gasteiger charge is -2.19. The van der Waals surface area contributed by atoms with Gasteiger partial charge in [0.25, 0.3) is 0 Å². The fourth-order valence-corrected chi connectivity index (χ4v) is 1.21. The van der Waals surface area contributed by atoms with Gasteiger partial charge in [0.05, 0.1) is 6.20 Å². The number of hydrogen-bond acceptors (Lipinski definition) is 1. The Morgan fingerprint density at radius 2 is 2.00 bits per heavy atom. The van der Waals surface area contributed by atoms with Gasteiger partial charge in [-0.25, -0.2) is 0 Å². The molecule has 0 bridgehead atoms. The van der Waals surface area contributed by atoms with Crippen molar-refractivity contribution in [1.82, 2.24) is 0 Å². The molecular weight excluding hydrogens is 146 g/mol. The molecule has 0 N–H and O–H groups in total.